The summed E-state index contributed by atoms with van der Waals surface area (Å²) in [6.07, 6.45) is 0. The first-order chi connectivity index (χ1) is 26.8. The lowest BCUT2D eigenvalue weighted by molar-refractivity contribution is 1.17. The van der Waals surface area contributed by atoms with Gasteiger partial charge in [-0.3, -0.25) is 4.40 Å². The summed E-state index contributed by atoms with van der Waals surface area (Å²) in [5, 5.41) is 5.00. The third-order valence-electron chi connectivity index (χ3n) is 11.1. The van der Waals surface area contributed by atoms with Crippen molar-refractivity contribution in [3.8, 4) is 33.6 Å². The Balaban J connectivity index is 1.08. The lowest BCUT2D eigenvalue weighted by atomic mass is 9.93. The number of rotatable bonds is 4. The summed E-state index contributed by atoms with van der Waals surface area (Å²) in [5.74, 6) is 0. The zero-order chi connectivity index (χ0) is 35.3. The molecule has 0 bridgehead atoms. The van der Waals surface area contributed by atoms with Crippen LogP contribution in [0.4, 0.5) is 0 Å². The summed E-state index contributed by atoms with van der Waals surface area (Å²) in [6, 6.07) is 66.0. The lowest BCUT2D eigenvalue weighted by Gasteiger charge is -2.17. The van der Waals surface area contributed by atoms with E-state index in [2.05, 4.69) is 196 Å². The molecule has 5 heteroatoms. The van der Waals surface area contributed by atoms with Gasteiger partial charge in [0.1, 0.15) is 0 Å². The van der Waals surface area contributed by atoms with Gasteiger partial charge < -0.3 is 9.13 Å². The predicted octanol–water partition coefficient (Wildman–Crippen LogP) is 13.2. The highest BCUT2D eigenvalue weighted by atomic mass is 32.1. The van der Waals surface area contributed by atoms with Gasteiger partial charge in [-0.2, -0.15) is 0 Å². The fourth-order valence-electron chi connectivity index (χ4n) is 8.83. The van der Waals surface area contributed by atoms with Crippen LogP contribution in [0.3, 0.4) is 0 Å². The molecule has 0 N–H and O–H groups in total. The summed E-state index contributed by atoms with van der Waals surface area (Å²) in [5.41, 5.74) is 15.3. The molecule has 0 atom stereocenters. The molecule has 252 valence electrons. The van der Waals surface area contributed by atoms with Gasteiger partial charge in [-0.05, 0) is 71.8 Å². The monoisotopic (exact) mass is 706 g/mol. The molecule has 0 amide bonds. The standard InChI is InChI=1S/C49H30N4S/c1-2-15-33(38-20-13-27-47-48(38)54-49-50-40-21-7-12-26-46(40)53(47)49)32(14-1)34-16-3-10-24-43(34)52-44-25-11-6-19-37(44)39-30-31(28-29-45(39)52)51-41-22-8-4-17-35(41)36-18-5-9-23-42(36)51/h1-30H. The van der Waals surface area contributed by atoms with E-state index >= 15 is 0 Å². The Morgan fingerprint density at radius 1 is 0.370 bits per heavy atom. The molecule has 0 spiro atoms. The number of para-hydroxylation sites is 6. The van der Waals surface area contributed by atoms with Gasteiger partial charge in [0.25, 0.3) is 0 Å². The Morgan fingerprint density at radius 3 is 1.63 bits per heavy atom. The number of hydrogen-bond donors (Lipinski definition) is 0. The van der Waals surface area contributed by atoms with Crippen LogP contribution < -0.4 is 0 Å². The Bertz CT molecular complexity index is 3410. The Kier molecular flexibility index (Phi) is 6.18. The molecule has 0 aliphatic heterocycles. The first kappa shape index (κ1) is 29.6. The van der Waals surface area contributed by atoms with Crippen LogP contribution in [-0.4, -0.2) is 18.5 Å². The largest absolute Gasteiger partial charge is 0.309 e. The first-order valence-corrected chi connectivity index (χ1v) is 19.1. The van der Waals surface area contributed by atoms with E-state index in [0.29, 0.717) is 0 Å². The van der Waals surface area contributed by atoms with E-state index in [0.717, 1.165) is 27.4 Å². The summed E-state index contributed by atoms with van der Waals surface area (Å²) in [6.45, 7) is 0. The molecule has 12 aromatic rings. The number of fused-ring (bicyclic) bond motifs is 11. The second-order valence-electron chi connectivity index (χ2n) is 14.0. The van der Waals surface area contributed by atoms with Gasteiger partial charge in [0.2, 0.25) is 0 Å². The Hall–Kier alpha value is -6.95. The smallest absolute Gasteiger partial charge is 0.195 e. The van der Waals surface area contributed by atoms with Gasteiger partial charge in [0, 0.05) is 38.4 Å². The molecule has 54 heavy (non-hydrogen) atoms. The Labute approximate surface area is 314 Å². The highest BCUT2D eigenvalue weighted by molar-refractivity contribution is 7.24. The number of aromatic nitrogens is 4. The zero-order valence-electron chi connectivity index (χ0n) is 29.0. The van der Waals surface area contributed by atoms with Crippen LogP contribution >= 0.6 is 11.3 Å². The first-order valence-electron chi connectivity index (χ1n) is 18.3. The molecule has 4 heterocycles. The van der Waals surface area contributed by atoms with Crippen molar-refractivity contribution in [2.45, 2.75) is 0 Å². The van der Waals surface area contributed by atoms with E-state index in [1.807, 2.05) is 0 Å². The number of hydrogen-bond acceptors (Lipinski definition) is 2. The van der Waals surface area contributed by atoms with Crippen LogP contribution in [0.15, 0.2) is 182 Å². The average molecular weight is 707 g/mol. The van der Waals surface area contributed by atoms with Crippen molar-refractivity contribution < 1.29 is 0 Å². The molecule has 4 aromatic heterocycles. The van der Waals surface area contributed by atoms with E-state index in [1.165, 1.54) is 76.1 Å². The van der Waals surface area contributed by atoms with Gasteiger partial charge in [0.05, 0.1) is 49.0 Å². The maximum atomic E-state index is 5.00. The van der Waals surface area contributed by atoms with E-state index < -0.39 is 0 Å². The molecule has 8 aromatic carbocycles. The van der Waals surface area contributed by atoms with Crippen molar-refractivity contribution in [2.24, 2.45) is 0 Å². The van der Waals surface area contributed by atoms with Crippen molar-refractivity contribution in [1.29, 1.82) is 0 Å². The number of thiazole rings is 1. The van der Waals surface area contributed by atoms with Crippen molar-refractivity contribution in [1.82, 2.24) is 18.5 Å². The van der Waals surface area contributed by atoms with Crippen LogP contribution in [-0.2, 0) is 0 Å². The minimum absolute atomic E-state index is 1.02. The van der Waals surface area contributed by atoms with Gasteiger partial charge in [-0.1, -0.05) is 133 Å². The van der Waals surface area contributed by atoms with E-state index in [-0.39, 0.29) is 0 Å². The molecule has 0 fully saturated rings. The van der Waals surface area contributed by atoms with Crippen LogP contribution in [0.2, 0.25) is 0 Å². The molecule has 4 nitrogen and oxygen atoms in total. The molecule has 12 rings (SSSR count). The van der Waals surface area contributed by atoms with Crippen molar-refractivity contribution in [3.63, 3.8) is 0 Å². The second-order valence-corrected chi connectivity index (χ2v) is 14.9. The van der Waals surface area contributed by atoms with Gasteiger partial charge in [-0.15, -0.1) is 0 Å². The molecule has 0 saturated carbocycles. The SMILES string of the molecule is c1ccc(-c2cccc3c2sc2nc4ccccc4n23)c(-c2ccccc2-n2c3ccccc3c3cc(-n4c5ccccc5c5ccccc54)ccc32)c1. The second kappa shape index (κ2) is 11.3. The van der Waals surface area contributed by atoms with Gasteiger partial charge >= 0.3 is 0 Å². The topological polar surface area (TPSA) is 27.2 Å². The van der Waals surface area contributed by atoms with Crippen molar-refractivity contribution >= 4 is 81.2 Å². The third kappa shape index (κ3) is 4.10. The van der Waals surface area contributed by atoms with E-state index in [9.17, 15) is 0 Å². The average Bonchev–Trinajstić information content (AvgIpc) is 3.97. The number of nitrogens with zero attached hydrogens (tertiary/aromatic N) is 4. The molecule has 0 aliphatic rings. The van der Waals surface area contributed by atoms with Crippen LogP contribution in [0.25, 0.3) is 103 Å². The number of imidazole rings is 1. The molecule has 0 aliphatic carbocycles. The summed E-state index contributed by atoms with van der Waals surface area (Å²) in [4.78, 5) is 6.02. The van der Waals surface area contributed by atoms with E-state index in [1.54, 1.807) is 11.3 Å². The number of benzene rings is 8. The predicted molar refractivity (Wildman–Crippen MR) is 228 cm³/mol. The van der Waals surface area contributed by atoms with Crippen molar-refractivity contribution in [3.05, 3.63) is 182 Å². The fraction of sp³-hybridized carbons (Fsp3) is 0. The summed E-state index contributed by atoms with van der Waals surface area (Å²) in [7, 11) is 0. The maximum absolute atomic E-state index is 5.00. The van der Waals surface area contributed by atoms with Crippen LogP contribution in [0.1, 0.15) is 0 Å². The van der Waals surface area contributed by atoms with Crippen LogP contribution in [0, 0.1) is 0 Å². The summed E-state index contributed by atoms with van der Waals surface area (Å²) >= 11 is 1.76. The molecule has 0 radical (unpaired) electrons. The lowest BCUT2D eigenvalue weighted by Crippen LogP contribution is -1.98. The normalized spacial score (nSPS) is 12.1. The minimum atomic E-state index is 1.02. The van der Waals surface area contributed by atoms with Crippen molar-refractivity contribution in [2.75, 3.05) is 0 Å². The molecular formula is C49H30N4S. The minimum Gasteiger partial charge on any atom is -0.309 e. The molecular weight excluding hydrogens is 677 g/mol. The highest BCUT2D eigenvalue weighted by Crippen LogP contribution is 2.44. The quantitative estimate of drug-likeness (QED) is 0.179. The van der Waals surface area contributed by atoms with Gasteiger partial charge in [0.15, 0.2) is 4.96 Å². The van der Waals surface area contributed by atoms with Crippen LogP contribution in [0.5, 0.6) is 0 Å². The zero-order valence-corrected chi connectivity index (χ0v) is 29.8. The maximum Gasteiger partial charge on any atom is 0.195 e. The van der Waals surface area contributed by atoms with E-state index in [4.69, 9.17) is 4.98 Å². The fourth-order valence-corrected chi connectivity index (χ4v) is 9.99. The highest BCUT2D eigenvalue weighted by Gasteiger charge is 2.21. The molecule has 0 saturated heterocycles. The summed E-state index contributed by atoms with van der Waals surface area (Å²) < 4.78 is 8.41. The third-order valence-corrected chi connectivity index (χ3v) is 12.2. The molecule has 0 unspecified atom stereocenters. The Morgan fingerprint density at radius 2 is 0.889 bits per heavy atom. The van der Waals surface area contributed by atoms with Gasteiger partial charge in [-0.25, -0.2) is 4.98 Å².